The second-order valence-corrected chi connectivity index (χ2v) is 8.60. The van der Waals surface area contributed by atoms with Crippen molar-refractivity contribution >= 4 is 28.3 Å². The fourth-order valence-electron chi connectivity index (χ4n) is 4.37. The van der Waals surface area contributed by atoms with E-state index in [1.54, 1.807) is 12.1 Å². The Morgan fingerprint density at radius 2 is 1.80 bits per heavy atom. The summed E-state index contributed by atoms with van der Waals surface area (Å²) in [6.45, 7) is 11.7. The van der Waals surface area contributed by atoms with Gasteiger partial charge in [-0.05, 0) is 64.3 Å². The van der Waals surface area contributed by atoms with E-state index in [0.717, 1.165) is 28.8 Å². The number of amides is 1. The zero-order valence-corrected chi connectivity index (χ0v) is 18.4. The molecule has 0 spiro atoms. The molecule has 0 saturated carbocycles. The minimum atomic E-state index is -0.504. The Hall–Kier alpha value is -3.08. The lowest BCUT2D eigenvalue weighted by Crippen LogP contribution is -2.38. The summed E-state index contributed by atoms with van der Waals surface area (Å²) in [7, 11) is 0. The van der Waals surface area contributed by atoms with Crippen molar-refractivity contribution in [1.82, 2.24) is 0 Å². The van der Waals surface area contributed by atoms with Crippen LogP contribution < -0.4 is 10.1 Å². The van der Waals surface area contributed by atoms with E-state index in [2.05, 4.69) is 5.32 Å². The predicted molar refractivity (Wildman–Crippen MR) is 118 cm³/mol. The van der Waals surface area contributed by atoms with Gasteiger partial charge in [-0.25, -0.2) is 0 Å². The van der Waals surface area contributed by atoms with E-state index in [0.29, 0.717) is 34.3 Å². The maximum absolute atomic E-state index is 13.1. The van der Waals surface area contributed by atoms with E-state index in [4.69, 9.17) is 9.15 Å². The maximum atomic E-state index is 13.1. The lowest BCUT2D eigenvalue weighted by molar-refractivity contribution is 0.0503. The van der Waals surface area contributed by atoms with Crippen molar-refractivity contribution in [2.45, 2.75) is 60.0 Å². The number of nitrogens with one attached hydrogen (secondary N) is 1. The molecule has 5 nitrogen and oxygen atoms in total. The average Bonchev–Trinajstić information content (AvgIpc) is 3.01. The highest BCUT2D eigenvalue weighted by atomic mass is 16.5. The first-order chi connectivity index (χ1) is 14.1. The summed E-state index contributed by atoms with van der Waals surface area (Å²) in [6, 6.07) is 7.60. The summed E-state index contributed by atoms with van der Waals surface area (Å²) in [4.78, 5) is 26.1. The number of ketones is 1. The van der Waals surface area contributed by atoms with Crippen LogP contribution in [0.4, 0.5) is 5.69 Å². The van der Waals surface area contributed by atoms with Crippen molar-refractivity contribution in [3.8, 4) is 5.75 Å². The van der Waals surface area contributed by atoms with E-state index in [1.165, 1.54) is 0 Å². The van der Waals surface area contributed by atoms with E-state index in [-0.39, 0.29) is 17.5 Å². The standard InChI is InChI=1S/C25H27NO4/c1-7-25(6)12-17(27)21-19(30-25)9-8-18-20(21)16(5)23(29-18)24(28)26-22-14(3)10-13(2)11-15(22)4/h8-11H,7,12H2,1-6H3,(H,26,28)/t25-/m0/s1. The van der Waals surface area contributed by atoms with Crippen LogP contribution in [0, 0.1) is 27.7 Å². The molecule has 2 heterocycles. The van der Waals surface area contributed by atoms with Crippen LogP contribution >= 0.6 is 0 Å². The van der Waals surface area contributed by atoms with E-state index in [9.17, 15) is 9.59 Å². The normalized spacial score (nSPS) is 18.3. The topological polar surface area (TPSA) is 68.5 Å². The number of furan rings is 1. The van der Waals surface area contributed by atoms with Gasteiger partial charge in [0.05, 0.1) is 12.0 Å². The van der Waals surface area contributed by atoms with Gasteiger partial charge in [-0.3, -0.25) is 9.59 Å². The molecule has 1 aliphatic heterocycles. The molecular weight excluding hydrogens is 378 g/mol. The van der Waals surface area contributed by atoms with Gasteiger partial charge in [0.2, 0.25) is 0 Å². The van der Waals surface area contributed by atoms with Gasteiger partial charge in [0.1, 0.15) is 16.9 Å². The number of aryl methyl sites for hydroxylation is 4. The first-order valence-corrected chi connectivity index (χ1v) is 10.3. The molecule has 1 aromatic heterocycles. The summed E-state index contributed by atoms with van der Waals surface area (Å²) in [6.07, 6.45) is 1.05. The van der Waals surface area contributed by atoms with Crippen molar-refractivity contribution in [1.29, 1.82) is 0 Å². The molecule has 156 valence electrons. The summed E-state index contributed by atoms with van der Waals surface area (Å²) in [5.41, 5.74) is 5.10. The van der Waals surface area contributed by atoms with Gasteiger partial charge in [-0.2, -0.15) is 0 Å². The maximum Gasteiger partial charge on any atom is 0.291 e. The van der Waals surface area contributed by atoms with Crippen molar-refractivity contribution in [3.05, 3.63) is 57.8 Å². The van der Waals surface area contributed by atoms with E-state index >= 15 is 0 Å². The number of Topliss-reactive ketones (excluding diaryl/α,β-unsaturated/α-hetero) is 1. The van der Waals surface area contributed by atoms with Gasteiger partial charge in [-0.1, -0.05) is 24.6 Å². The quantitative estimate of drug-likeness (QED) is 0.576. The average molecular weight is 405 g/mol. The van der Waals surface area contributed by atoms with Crippen LogP contribution in [0.5, 0.6) is 5.75 Å². The summed E-state index contributed by atoms with van der Waals surface area (Å²) >= 11 is 0. The third-order valence-electron chi connectivity index (χ3n) is 6.10. The molecule has 1 aliphatic rings. The Bertz CT molecular complexity index is 1180. The third-order valence-corrected chi connectivity index (χ3v) is 6.10. The van der Waals surface area contributed by atoms with E-state index < -0.39 is 5.60 Å². The Balaban J connectivity index is 1.78. The fourth-order valence-corrected chi connectivity index (χ4v) is 4.37. The highest BCUT2D eigenvalue weighted by molar-refractivity contribution is 6.15. The van der Waals surface area contributed by atoms with Crippen molar-refractivity contribution in [2.75, 3.05) is 5.32 Å². The van der Waals surface area contributed by atoms with Crippen molar-refractivity contribution in [2.24, 2.45) is 0 Å². The van der Waals surface area contributed by atoms with Crippen molar-refractivity contribution < 1.29 is 18.7 Å². The van der Waals surface area contributed by atoms with Gasteiger partial charge in [0.15, 0.2) is 11.5 Å². The second kappa shape index (κ2) is 7.01. The molecule has 4 rings (SSSR count). The molecule has 0 radical (unpaired) electrons. The number of anilines is 1. The molecule has 0 saturated heterocycles. The molecule has 1 atom stereocenters. The van der Waals surface area contributed by atoms with Crippen LogP contribution in [0.3, 0.4) is 0 Å². The highest BCUT2D eigenvalue weighted by Gasteiger charge is 2.37. The molecule has 1 amide bonds. The summed E-state index contributed by atoms with van der Waals surface area (Å²) < 4.78 is 12.1. The molecule has 0 bridgehead atoms. The van der Waals surface area contributed by atoms with Crippen LogP contribution in [-0.2, 0) is 0 Å². The number of carbonyl (C=O) groups is 2. The zero-order valence-electron chi connectivity index (χ0n) is 18.4. The fraction of sp³-hybridized carbons (Fsp3) is 0.360. The number of hydrogen-bond donors (Lipinski definition) is 1. The van der Waals surface area contributed by atoms with Crippen LogP contribution in [0.2, 0.25) is 0 Å². The number of rotatable bonds is 3. The Morgan fingerprint density at radius 1 is 1.13 bits per heavy atom. The zero-order chi connectivity index (χ0) is 21.8. The molecule has 1 N–H and O–H groups in total. The second-order valence-electron chi connectivity index (χ2n) is 8.60. The minimum absolute atomic E-state index is 0.0206. The minimum Gasteiger partial charge on any atom is -0.486 e. The Labute approximate surface area is 176 Å². The number of ether oxygens (including phenoxy) is 1. The Morgan fingerprint density at radius 3 is 2.43 bits per heavy atom. The van der Waals surface area contributed by atoms with Crippen LogP contribution in [0.25, 0.3) is 11.0 Å². The lowest BCUT2D eigenvalue weighted by Gasteiger charge is -2.34. The van der Waals surface area contributed by atoms with Gasteiger partial charge < -0.3 is 14.5 Å². The third kappa shape index (κ3) is 3.18. The smallest absolute Gasteiger partial charge is 0.291 e. The summed E-state index contributed by atoms with van der Waals surface area (Å²) in [5, 5.41) is 3.65. The molecular formula is C25H27NO4. The molecule has 0 fully saturated rings. The highest BCUT2D eigenvalue weighted by Crippen LogP contribution is 2.41. The predicted octanol–water partition coefficient (Wildman–Crippen LogP) is 6.05. The number of carbonyl (C=O) groups excluding carboxylic acids is 2. The van der Waals surface area contributed by atoms with Crippen LogP contribution in [-0.4, -0.2) is 17.3 Å². The van der Waals surface area contributed by atoms with Crippen molar-refractivity contribution in [3.63, 3.8) is 0 Å². The SMILES string of the molecule is CC[C@@]1(C)CC(=O)c2c(ccc3oc(C(=O)Nc4c(C)cc(C)cc4C)c(C)c23)O1. The van der Waals surface area contributed by atoms with Gasteiger partial charge in [-0.15, -0.1) is 0 Å². The number of hydrogen-bond acceptors (Lipinski definition) is 4. The Kier molecular flexibility index (Phi) is 4.72. The van der Waals surface area contributed by atoms with Gasteiger partial charge >= 0.3 is 0 Å². The summed E-state index contributed by atoms with van der Waals surface area (Å²) in [5.74, 6) is 0.473. The largest absolute Gasteiger partial charge is 0.486 e. The van der Waals surface area contributed by atoms with Crippen LogP contribution in [0.1, 0.15) is 69.9 Å². The molecule has 30 heavy (non-hydrogen) atoms. The van der Waals surface area contributed by atoms with Gasteiger partial charge in [0, 0.05) is 16.6 Å². The number of fused-ring (bicyclic) bond motifs is 3. The molecule has 3 aromatic rings. The molecule has 0 aliphatic carbocycles. The number of benzene rings is 2. The molecule has 2 aromatic carbocycles. The molecule has 0 unspecified atom stereocenters. The van der Waals surface area contributed by atoms with Crippen LogP contribution in [0.15, 0.2) is 28.7 Å². The first-order valence-electron chi connectivity index (χ1n) is 10.3. The van der Waals surface area contributed by atoms with Gasteiger partial charge in [0.25, 0.3) is 5.91 Å². The monoisotopic (exact) mass is 405 g/mol. The molecule has 5 heteroatoms. The van der Waals surface area contributed by atoms with E-state index in [1.807, 2.05) is 53.7 Å². The lowest BCUT2D eigenvalue weighted by atomic mass is 9.87. The first kappa shape index (κ1) is 20.2.